The summed E-state index contributed by atoms with van der Waals surface area (Å²) in [5.41, 5.74) is 0. The predicted octanol–water partition coefficient (Wildman–Crippen LogP) is -10.6. The van der Waals surface area contributed by atoms with E-state index < -0.39 is 27.5 Å². The molecule has 9 nitrogen and oxygen atoms in total. The topological polar surface area (TPSA) is 173 Å². The maximum Gasteiger partial charge on any atom is 1.00 e. The van der Waals surface area contributed by atoms with Crippen LogP contribution in [0, 0.1) is 0 Å². The maximum absolute atomic E-state index is 8.74. The van der Waals surface area contributed by atoms with E-state index in [2.05, 4.69) is 0 Å². The van der Waals surface area contributed by atoms with Crippen molar-refractivity contribution in [2.45, 2.75) is 0 Å². The van der Waals surface area contributed by atoms with Gasteiger partial charge in [-0.2, -0.15) is 0 Å². The molecular weight excluding hydrogens is 274 g/mol. The first-order valence-corrected chi connectivity index (χ1v) is 5.86. The minimum Gasteiger partial charge on any atom is -1.00 e. The van der Waals surface area contributed by atoms with Crippen LogP contribution in [0.25, 0.3) is 0 Å². The molecule has 0 rings (SSSR count). The van der Waals surface area contributed by atoms with Crippen LogP contribution < -0.4 is 59.1 Å². The molecule has 6 N–H and O–H groups in total. The second kappa shape index (κ2) is 23.6. The predicted molar refractivity (Wildman–Crippen MR) is 34.9 cm³/mol. The molecule has 0 saturated carbocycles. The zero-order valence-electron chi connectivity index (χ0n) is 9.41. The van der Waals surface area contributed by atoms with Gasteiger partial charge in [-0.25, -0.2) is 0 Å². The molecule has 14 heteroatoms. The molecule has 0 unspecified atom stereocenters. The molecule has 0 amide bonds. The smallest absolute Gasteiger partial charge is 1.00 e. The van der Waals surface area contributed by atoms with Crippen LogP contribution in [0.5, 0.6) is 0 Å². The van der Waals surface area contributed by atoms with Gasteiger partial charge in [-0.3, -0.25) is 13.4 Å². The third-order valence-corrected chi connectivity index (χ3v) is 0. The van der Waals surface area contributed by atoms with Crippen molar-refractivity contribution in [2.75, 3.05) is 0 Å². The quantitative estimate of drug-likeness (QED) is 0.236. The first-order chi connectivity index (χ1) is 5.20. The Balaban J connectivity index is -0.0000000135. The Morgan fingerprint density at radius 2 is 0.571 bits per heavy atom. The van der Waals surface area contributed by atoms with E-state index in [9.17, 15) is 0 Å². The van der Waals surface area contributed by atoms with E-state index in [0.717, 1.165) is 0 Å². The van der Waals surface area contributed by atoms with E-state index in [1.807, 2.05) is 0 Å². The van der Waals surface area contributed by atoms with Crippen LogP contribution in [0.15, 0.2) is 0 Å². The van der Waals surface area contributed by atoms with E-state index in [1.54, 1.807) is 0 Å². The number of rotatable bonds is 0. The van der Waals surface area contributed by atoms with Crippen molar-refractivity contribution in [3.05, 3.63) is 0 Å². The average molecular weight is 282 g/mol. The van der Waals surface area contributed by atoms with Gasteiger partial charge in [-0.1, -0.05) is 0 Å². The zero-order valence-corrected chi connectivity index (χ0v) is 14.4. The van der Waals surface area contributed by atoms with Crippen molar-refractivity contribution >= 4 is 27.5 Å². The molecule has 76 valence electrons. The van der Waals surface area contributed by atoms with Crippen LogP contribution in [-0.4, -0.2) is 56.3 Å². The Hall–Kier alpha value is 0.851. The van der Waals surface area contributed by atoms with E-state index in [0.29, 0.717) is 0 Å². The molecule has 0 aliphatic carbocycles. The molecule has 0 atom stereocenters. The fourth-order valence-corrected chi connectivity index (χ4v) is 0. The van der Waals surface area contributed by atoms with E-state index in [4.69, 9.17) is 42.2 Å². The van der Waals surface area contributed by atoms with Gasteiger partial charge in [0.25, 0.3) is 0 Å². The van der Waals surface area contributed by atoms with Gasteiger partial charge in [-0.15, -0.1) is 0 Å². The summed E-state index contributed by atoms with van der Waals surface area (Å²) in [5, 5.41) is 0. The SMILES string of the molecule is O=[Si](O)O.O=[Si](O)O.O=[Si](O)O.[H-].[H-].[Na+].[Na+]. The summed E-state index contributed by atoms with van der Waals surface area (Å²) in [5.74, 6) is 0. The molecule has 0 saturated heterocycles. The second-order valence-electron chi connectivity index (χ2n) is 0.848. The first-order valence-electron chi connectivity index (χ1n) is 1.95. The van der Waals surface area contributed by atoms with Crippen molar-refractivity contribution in [3.8, 4) is 0 Å². The average Bonchev–Trinajstić information content (AvgIpc) is 1.54. The Morgan fingerprint density at radius 3 is 0.571 bits per heavy atom. The Bertz CT molecular complexity index is 124. The minimum atomic E-state index is -3.13. The third kappa shape index (κ3) is 2490. The van der Waals surface area contributed by atoms with E-state index >= 15 is 0 Å². The summed E-state index contributed by atoms with van der Waals surface area (Å²) in [7, 11) is -9.39. The van der Waals surface area contributed by atoms with Crippen LogP contribution in [0.4, 0.5) is 0 Å². The fraction of sp³-hybridized carbons (Fsp3) is 0. The molecule has 0 aliphatic rings. The van der Waals surface area contributed by atoms with Gasteiger partial charge in [0.05, 0.1) is 0 Å². The molecule has 0 aliphatic heterocycles. The van der Waals surface area contributed by atoms with E-state index in [1.165, 1.54) is 0 Å². The van der Waals surface area contributed by atoms with Crippen LogP contribution in [-0.2, 0) is 13.4 Å². The molecule has 0 aromatic heterocycles. The molecule has 0 heterocycles. The van der Waals surface area contributed by atoms with Crippen molar-refractivity contribution in [1.29, 1.82) is 0 Å². The third-order valence-electron chi connectivity index (χ3n) is 0. The Kier molecular flexibility index (Phi) is 49.4. The van der Waals surface area contributed by atoms with Crippen molar-refractivity contribution in [2.24, 2.45) is 0 Å². The molecule has 0 aromatic carbocycles. The monoisotopic (exact) mass is 282 g/mol. The van der Waals surface area contributed by atoms with Gasteiger partial charge < -0.3 is 31.6 Å². The van der Waals surface area contributed by atoms with Gasteiger partial charge in [0.2, 0.25) is 0 Å². The van der Waals surface area contributed by atoms with Crippen LogP contribution in [0.3, 0.4) is 0 Å². The van der Waals surface area contributed by atoms with Crippen LogP contribution in [0.2, 0.25) is 0 Å². The van der Waals surface area contributed by atoms with Gasteiger partial charge in [0, 0.05) is 0 Å². The van der Waals surface area contributed by atoms with Crippen molar-refractivity contribution in [3.63, 3.8) is 0 Å². The molecule has 0 spiro atoms. The molecule has 14 heavy (non-hydrogen) atoms. The molecular formula is H8Na2O9Si3. The minimum absolute atomic E-state index is 0. The summed E-state index contributed by atoms with van der Waals surface area (Å²) in [6, 6.07) is 0. The van der Waals surface area contributed by atoms with E-state index in [-0.39, 0.29) is 62.0 Å². The number of hydrogen-bond donors (Lipinski definition) is 6. The van der Waals surface area contributed by atoms with Gasteiger partial charge >= 0.3 is 86.6 Å². The van der Waals surface area contributed by atoms with Gasteiger partial charge in [0.15, 0.2) is 0 Å². The van der Waals surface area contributed by atoms with Crippen molar-refractivity contribution in [1.82, 2.24) is 0 Å². The molecule has 0 aromatic rings. The second-order valence-corrected chi connectivity index (χ2v) is 2.54. The first kappa shape index (κ1) is 29.4. The maximum atomic E-state index is 8.74. The molecule has 0 bridgehead atoms. The summed E-state index contributed by atoms with van der Waals surface area (Å²) in [4.78, 5) is 42.9. The summed E-state index contributed by atoms with van der Waals surface area (Å²) in [6.45, 7) is 0. The molecule has 0 radical (unpaired) electrons. The standard InChI is InChI=1S/2Na.3H2O3Si.2H/c;;3*1-4(2)3;;/h;;3*1-2H;;/q2*+1;;;;2*-1. The zero-order chi connectivity index (χ0) is 10.7. The summed E-state index contributed by atoms with van der Waals surface area (Å²) in [6.07, 6.45) is 0. The van der Waals surface area contributed by atoms with Crippen LogP contribution in [0.1, 0.15) is 2.85 Å². The van der Waals surface area contributed by atoms with Crippen LogP contribution >= 0.6 is 0 Å². The summed E-state index contributed by atoms with van der Waals surface area (Å²) >= 11 is 0. The summed E-state index contributed by atoms with van der Waals surface area (Å²) < 4.78 is 26.2. The van der Waals surface area contributed by atoms with Gasteiger partial charge in [0.1, 0.15) is 0 Å². The molecule has 0 fully saturated rings. The largest absolute Gasteiger partial charge is 1.00 e. The Labute approximate surface area is 130 Å². The van der Waals surface area contributed by atoms with Crippen molar-refractivity contribution < 1.29 is 104 Å². The van der Waals surface area contributed by atoms with Gasteiger partial charge in [-0.05, 0) is 0 Å². The number of hydrogen-bond acceptors (Lipinski definition) is 3. The normalized spacial score (nSPS) is 5.14. The fourth-order valence-electron chi connectivity index (χ4n) is 0. The Morgan fingerprint density at radius 1 is 0.571 bits per heavy atom.